The third-order valence-electron chi connectivity index (χ3n) is 3.62. The van der Waals surface area contributed by atoms with Crippen molar-refractivity contribution in [1.29, 1.82) is 0 Å². The van der Waals surface area contributed by atoms with Gasteiger partial charge in [-0.15, -0.1) is 0 Å². The van der Waals surface area contributed by atoms with E-state index in [2.05, 4.69) is 4.98 Å². The first-order valence-electron chi connectivity index (χ1n) is 7.18. The Morgan fingerprint density at radius 1 is 1.08 bits per heavy atom. The summed E-state index contributed by atoms with van der Waals surface area (Å²) in [5.74, 6) is 0.509. The van der Waals surface area contributed by atoms with Crippen LogP contribution in [0.3, 0.4) is 0 Å². The molecule has 3 nitrogen and oxygen atoms in total. The molecule has 0 fully saturated rings. The summed E-state index contributed by atoms with van der Waals surface area (Å²) in [5, 5.41) is 10.1. The lowest BCUT2D eigenvalue weighted by atomic mass is 10.0. The Balaban J connectivity index is 2.51. The molecule has 0 saturated heterocycles. The van der Waals surface area contributed by atoms with Gasteiger partial charge in [-0.1, -0.05) is 11.6 Å². The largest absolute Gasteiger partial charge is 0.438 e. The highest BCUT2D eigenvalue weighted by atomic mass is 35.5. The summed E-state index contributed by atoms with van der Waals surface area (Å²) in [5.41, 5.74) is 1.66. The fourth-order valence-electron chi connectivity index (χ4n) is 2.45. The van der Waals surface area contributed by atoms with Crippen LogP contribution in [0.15, 0.2) is 18.2 Å². The number of aliphatic hydroxyl groups is 1. The summed E-state index contributed by atoms with van der Waals surface area (Å²) >= 11 is 5.97. The van der Waals surface area contributed by atoms with Crippen molar-refractivity contribution in [1.82, 2.24) is 4.98 Å². The monoisotopic (exact) mass is 359 g/mol. The van der Waals surface area contributed by atoms with Gasteiger partial charge in [0.25, 0.3) is 0 Å². The van der Waals surface area contributed by atoms with Crippen molar-refractivity contribution in [2.75, 3.05) is 0 Å². The topological polar surface area (TPSA) is 42.4 Å². The van der Waals surface area contributed by atoms with Crippen LogP contribution >= 0.6 is 11.6 Å². The SMILES string of the molecule is Cc1cc(C(O)C(F)(F)F)c(C)c(Oc2c(C)cc(Cl)cc2C)n1. The third-order valence-corrected chi connectivity index (χ3v) is 3.84. The van der Waals surface area contributed by atoms with Gasteiger partial charge in [-0.25, -0.2) is 4.98 Å². The Morgan fingerprint density at radius 3 is 2.12 bits per heavy atom. The van der Waals surface area contributed by atoms with Crippen LogP contribution in [0.25, 0.3) is 0 Å². The molecule has 0 aliphatic rings. The molecule has 2 rings (SSSR count). The van der Waals surface area contributed by atoms with E-state index in [0.29, 0.717) is 16.5 Å². The van der Waals surface area contributed by atoms with E-state index in [1.807, 2.05) is 0 Å². The van der Waals surface area contributed by atoms with Crippen LogP contribution in [-0.4, -0.2) is 16.3 Å². The lowest BCUT2D eigenvalue weighted by Gasteiger charge is -2.20. The Bertz CT molecular complexity index is 752. The van der Waals surface area contributed by atoms with Crippen LogP contribution in [0.4, 0.5) is 13.2 Å². The lowest BCUT2D eigenvalue weighted by molar-refractivity contribution is -0.207. The molecule has 1 heterocycles. The minimum atomic E-state index is -4.76. The number of rotatable bonds is 3. The van der Waals surface area contributed by atoms with E-state index in [1.54, 1.807) is 32.9 Å². The molecular formula is C17H17ClF3NO2. The minimum absolute atomic E-state index is 0.0295. The van der Waals surface area contributed by atoms with E-state index in [0.717, 1.165) is 11.1 Å². The highest BCUT2D eigenvalue weighted by Crippen LogP contribution is 2.38. The molecule has 0 aliphatic heterocycles. The molecule has 0 saturated carbocycles. The van der Waals surface area contributed by atoms with Gasteiger partial charge in [0.05, 0.1) is 0 Å². The standard InChI is InChI=1S/C17H17ClF3NO2/c1-8-5-12(18)6-9(2)14(8)24-16-11(4)13(7-10(3)22-16)15(23)17(19,20)21/h5-7,15,23H,1-4H3. The second kappa shape index (κ2) is 6.61. The van der Waals surface area contributed by atoms with Gasteiger partial charge in [-0.05, 0) is 62.6 Å². The maximum atomic E-state index is 12.9. The first kappa shape index (κ1) is 18.5. The summed E-state index contributed by atoms with van der Waals surface area (Å²) in [4.78, 5) is 4.16. The summed E-state index contributed by atoms with van der Waals surface area (Å²) in [6.45, 7) is 6.54. The van der Waals surface area contributed by atoms with Crippen LogP contribution in [0, 0.1) is 27.7 Å². The highest BCUT2D eigenvalue weighted by molar-refractivity contribution is 6.30. The van der Waals surface area contributed by atoms with Gasteiger partial charge in [0.2, 0.25) is 5.88 Å². The highest BCUT2D eigenvalue weighted by Gasteiger charge is 2.40. The Labute approximate surface area is 143 Å². The van der Waals surface area contributed by atoms with Gasteiger partial charge < -0.3 is 9.84 Å². The number of nitrogens with zero attached hydrogens (tertiary/aromatic N) is 1. The van der Waals surface area contributed by atoms with E-state index >= 15 is 0 Å². The predicted molar refractivity (Wildman–Crippen MR) is 85.7 cm³/mol. The Kier molecular flexibility index (Phi) is 5.11. The molecule has 0 bridgehead atoms. The maximum absolute atomic E-state index is 12.9. The number of alkyl halides is 3. The molecule has 1 atom stereocenters. The number of aryl methyl sites for hydroxylation is 3. The normalized spacial score (nSPS) is 13.0. The van der Waals surface area contributed by atoms with Crippen LogP contribution < -0.4 is 4.74 Å². The number of hydrogen-bond acceptors (Lipinski definition) is 3. The quantitative estimate of drug-likeness (QED) is 0.802. The van der Waals surface area contributed by atoms with Crippen LogP contribution in [0.1, 0.15) is 34.1 Å². The molecule has 0 amide bonds. The zero-order chi connectivity index (χ0) is 18.2. The van der Waals surface area contributed by atoms with Crippen molar-refractivity contribution in [2.24, 2.45) is 0 Å². The van der Waals surface area contributed by atoms with Crippen molar-refractivity contribution >= 4 is 11.6 Å². The number of pyridine rings is 1. The number of benzene rings is 1. The molecular weight excluding hydrogens is 343 g/mol. The first-order chi connectivity index (χ1) is 11.0. The van der Waals surface area contributed by atoms with E-state index in [4.69, 9.17) is 16.3 Å². The lowest BCUT2D eigenvalue weighted by Crippen LogP contribution is -2.21. The van der Waals surface area contributed by atoms with Crippen molar-refractivity contribution in [3.63, 3.8) is 0 Å². The predicted octanol–water partition coefficient (Wildman–Crippen LogP) is 5.36. The van der Waals surface area contributed by atoms with Crippen molar-refractivity contribution in [3.8, 4) is 11.6 Å². The fourth-order valence-corrected chi connectivity index (χ4v) is 2.78. The second-order valence-electron chi connectivity index (χ2n) is 5.70. The number of aromatic nitrogens is 1. The van der Waals surface area contributed by atoms with Crippen LogP contribution in [0.5, 0.6) is 11.6 Å². The van der Waals surface area contributed by atoms with Crippen LogP contribution in [0.2, 0.25) is 5.02 Å². The smallest absolute Gasteiger partial charge is 0.418 e. The molecule has 1 unspecified atom stereocenters. The maximum Gasteiger partial charge on any atom is 0.418 e. The molecule has 1 aromatic carbocycles. The molecule has 1 aromatic heterocycles. The molecule has 0 aliphatic carbocycles. The van der Waals surface area contributed by atoms with Gasteiger partial charge in [0.1, 0.15) is 5.75 Å². The zero-order valence-electron chi connectivity index (χ0n) is 13.6. The summed E-state index contributed by atoms with van der Waals surface area (Å²) in [6.07, 6.45) is -7.35. The summed E-state index contributed by atoms with van der Waals surface area (Å²) in [6, 6.07) is 4.60. The van der Waals surface area contributed by atoms with E-state index in [9.17, 15) is 18.3 Å². The third kappa shape index (κ3) is 3.82. The van der Waals surface area contributed by atoms with Gasteiger partial charge in [0, 0.05) is 16.3 Å². The molecule has 0 spiro atoms. The minimum Gasteiger partial charge on any atom is -0.438 e. The number of halogens is 4. The van der Waals surface area contributed by atoms with Gasteiger partial charge in [-0.2, -0.15) is 13.2 Å². The second-order valence-corrected chi connectivity index (χ2v) is 6.13. The molecule has 0 radical (unpaired) electrons. The van der Waals surface area contributed by atoms with Crippen molar-refractivity contribution in [3.05, 3.63) is 51.2 Å². The summed E-state index contributed by atoms with van der Waals surface area (Å²) < 4.78 is 44.3. The van der Waals surface area contributed by atoms with Gasteiger partial charge in [0.15, 0.2) is 6.10 Å². The van der Waals surface area contributed by atoms with Gasteiger partial charge in [-0.3, -0.25) is 0 Å². The average molecular weight is 360 g/mol. The Hall–Kier alpha value is -1.79. The molecule has 2 aromatic rings. The number of aliphatic hydroxyl groups excluding tert-OH is 1. The average Bonchev–Trinajstić information content (AvgIpc) is 2.44. The first-order valence-corrected chi connectivity index (χ1v) is 7.56. The number of hydrogen-bond donors (Lipinski definition) is 1. The Morgan fingerprint density at radius 2 is 1.62 bits per heavy atom. The van der Waals surface area contributed by atoms with Crippen molar-refractivity contribution in [2.45, 2.75) is 40.0 Å². The fraction of sp³-hybridized carbons (Fsp3) is 0.353. The van der Waals surface area contributed by atoms with Gasteiger partial charge >= 0.3 is 6.18 Å². The molecule has 7 heteroatoms. The van der Waals surface area contributed by atoms with Crippen LogP contribution in [-0.2, 0) is 0 Å². The van der Waals surface area contributed by atoms with E-state index in [1.165, 1.54) is 13.0 Å². The molecule has 24 heavy (non-hydrogen) atoms. The van der Waals surface area contributed by atoms with Crippen molar-refractivity contribution < 1.29 is 23.0 Å². The van der Waals surface area contributed by atoms with E-state index in [-0.39, 0.29) is 17.0 Å². The summed E-state index contributed by atoms with van der Waals surface area (Å²) in [7, 11) is 0. The van der Waals surface area contributed by atoms with E-state index < -0.39 is 12.3 Å². The number of ether oxygens (including phenoxy) is 1. The molecule has 130 valence electrons. The molecule has 1 N–H and O–H groups in total. The zero-order valence-corrected chi connectivity index (χ0v) is 14.4.